The van der Waals surface area contributed by atoms with Gasteiger partial charge in [-0.3, -0.25) is 19.4 Å². The van der Waals surface area contributed by atoms with Crippen molar-refractivity contribution >= 4 is 35.4 Å². The van der Waals surface area contributed by atoms with Crippen molar-refractivity contribution in [1.29, 1.82) is 0 Å². The van der Waals surface area contributed by atoms with Crippen molar-refractivity contribution in [3.8, 4) is 22.3 Å². The Balaban J connectivity index is 1.08. The molecule has 292 valence electrons. The summed E-state index contributed by atoms with van der Waals surface area (Å²) in [6.07, 6.45) is 8.83. The number of hydrogen-bond donors (Lipinski definition) is 2. The van der Waals surface area contributed by atoms with Gasteiger partial charge in [0.25, 0.3) is 0 Å². The number of carbonyl (C=O) groups is 4. The molecule has 0 radical (unpaired) electrons. The number of ether oxygens (including phenoxy) is 2. The maximum absolute atomic E-state index is 13.4. The van der Waals surface area contributed by atoms with E-state index in [1.54, 1.807) is 9.80 Å². The van der Waals surface area contributed by atoms with Crippen LogP contribution in [0.2, 0.25) is 0 Å². The van der Waals surface area contributed by atoms with Crippen LogP contribution in [0.25, 0.3) is 22.3 Å². The lowest BCUT2D eigenvalue weighted by atomic mass is 9.76. The molecule has 2 atom stereocenters. The highest BCUT2D eigenvalue weighted by Crippen LogP contribution is 2.55. The minimum atomic E-state index is -0.625. The van der Waals surface area contributed by atoms with Crippen molar-refractivity contribution in [3.05, 3.63) is 71.8 Å². The minimum absolute atomic E-state index is 0.163. The summed E-state index contributed by atoms with van der Waals surface area (Å²) in [5, 5.41) is 6.09. The van der Waals surface area contributed by atoms with E-state index in [-0.39, 0.29) is 17.2 Å². The summed E-state index contributed by atoms with van der Waals surface area (Å²) in [5.74, 6) is -0.394. The Hall–Kier alpha value is -4.86. The molecule has 0 unspecified atom stereocenters. The van der Waals surface area contributed by atoms with Crippen LogP contribution >= 0.6 is 0 Å². The summed E-state index contributed by atoms with van der Waals surface area (Å²) < 4.78 is 11.1. The number of benzene rings is 3. The Labute approximate surface area is 325 Å². The van der Waals surface area contributed by atoms with Crippen molar-refractivity contribution in [2.45, 2.75) is 134 Å². The number of rotatable bonds is 6. The zero-order valence-corrected chi connectivity index (χ0v) is 33.3. The second kappa shape index (κ2) is 15.0. The molecule has 4 amide bonds. The van der Waals surface area contributed by atoms with E-state index in [4.69, 9.17) is 9.47 Å². The second-order valence-electron chi connectivity index (χ2n) is 17.8. The lowest BCUT2D eigenvalue weighted by Crippen LogP contribution is -2.45. The average molecular weight is 749 g/mol. The third kappa shape index (κ3) is 8.24. The van der Waals surface area contributed by atoms with Gasteiger partial charge < -0.3 is 20.1 Å². The second-order valence-corrected chi connectivity index (χ2v) is 17.8. The number of carbonyl (C=O) groups excluding carboxylic acids is 4. The van der Waals surface area contributed by atoms with Crippen molar-refractivity contribution in [1.82, 2.24) is 9.80 Å². The summed E-state index contributed by atoms with van der Waals surface area (Å²) in [7, 11) is 0. The maximum atomic E-state index is 13.4. The molecule has 2 heterocycles. The fraction of sp³-hybridized carbons (Fsp3) is 0.511. The normalized spacial score (nSPS) is 20.4. The summed E-state index contributed by atoms with van der Waals surface area (Å²) in [4.78, 5) is 55.4. The Morgan fingerprint density at radius 2 is 1.04 bits per heavy atom. The molecular formula is C45H56N4O6. The summed E-state index contributed by atoms with van der Waals surface area (Å²) in [5.41, 5.74) is 7.87. The predicted molar refractivity (Wildman–Crippen MR) is 215 cm³/mol. The molecule has 55 heavy (non-hydrogen) atoms. The van der Waals surface area contributed by atoms with E-state index in [0.29, 0.717) is 37.3 Å². The first-order valence-corrected chi connectivity index (χ1v) is 20.1. The first-order chi connectivity index (χ1) is 26.1. The van der Waals surface area contributed by atoms with Crippen LogP contribution in [0.15, 0.2) is 60.7 Å². The third-order valence-corrected chi connectivity index (χ3v) is 11.6. The Morgan fingerprint density at radius 3 is 1.49 bits per heavy atom. The Morgan fingerprint density at radius 1 is 0.600 bits per heavy atom. The largest absolute Gasteiger partial charge is 0.444 e. The number of nitrogens with one attached hydrogen (secondary N) is 2. The minimum Gasteiger partial charge on any atom is -0.444 e. The predicted octanol–water partition coefficient (Wildman–Crippen LogP) is 9.45. The van der Waals surface area contributed by atoms with Gasteiger partial charge in [0.2, 0.25) is 11.8 Å². The van der Waals surface area contributed by atoms with Gasteiger partial charge in [0.05, 0.1) is 0 Å². The zero-order valence-electron chi connectivity index (χ0n) is 33.3. The number of amides is 4. The van der Waals surface area contributed by atoms with E-state index >= 15 is 0 Å². The van der Waals surface area contributed by atoms with Crippen molar-refractivity contribution in [3.63, 3.8) is 0 Å². The quantitative estimate of drug-likeness (QED) is 0.260. The molecular weight excluding hydrogens is 693 g/mol. The fourth-order valence-electron chi connectivity index (χ4n) is 9.14. The fourth-order valence-corrected chi connectivity index (χ4v) is 9.14. The van der Waals surface area contributed by atoms with Crippen LogP contribution in [0.3, 0.4) is 0 Å². The lowest BCUT2D eigenvalue weighted by molar-refractivity contribution is -0.121. The number of fused-ring (bicyclic) bond motifs is 2. The molecule has 0 aromatic heterocycles. The van der Waals surface area contributed by atoms with Crippen molar-refractivity contribution in [2.75, 3.05) is 23.7 Å². The smallest absolute Gasteiger partial charge is 0.410 e. The van der Waals surface area contributed by atoms with Crippen LogP contribution in [-0.2, 0) is 30.9 Å². The molecule has 2 aliphatic carbocycles. The molecule has 3 fully saturated rings. The molecule has 3 aromatic carbocycles. The summed E-state index contributed by atoms with van der Waals surface area (Å²) >= 11 is 0. The van der Waals surface area contributed by atoms with E-state index in [0.717, 1.165) is 36.8 Å². The molecule has 1 spiro atoms. The highest BCUT2D eigenvalue weighted by molar-refractivity contribution is 5.98. The number of anilines is 2. The monoisotopic (exact) mass is 748 g/mol. The summed E-state index contributed by atoms with van der Waals surface area (Å²) in [6.45, 7) is 12.0. The molecule has 3 aromatic rings. The highest BCUT2D eigenvalue weighted by Gasteiger charge is 2.44. The maximum Gasteiger partial charge on any atom is 0.410 e. The van der Waals surface area contributed by atoms with Gasteiger partial charge in [0.15, 0.2) is 0 Å². The van der Waals surface area contributed by atoms with Crippen LogP contribution in [-0.4, -0.2) is 70.2 Å². The first kappa shape index (κ1) is 38.4. The molecule has 10 heteroatoms. The van der Waals surface area contributed by atoms with Crippen LogP contribution < -0.4 is 10.6 Å². The van der Waals surface area contributed by atoms with Crippen LogP contribution in [0.4, 0.5) is 21.0 Å². The molecule has 7 rings (SSSR count). The van der Waals surface area contributed by atoms with Crippen molar-refractivity contribution in [2.24, 2.45) is 0 Å². The summed E-state index contributed by atoms with van der Waals surface area (Å²) in [6, 6.07) is 19.5. The van der Waals surface area contributed by atoms with Gasteiger partial charge in [0.1, 0.15) is 23.3 Å². The van der Waals surface area contributed by atoms with Gasteiger partial charge in [-0.25, -0.2) is 9.59 Å². The topological polar surface area (TPSA) is 117 Å². The molecule has 1 saturated carbocycles. The Kier molecular flexibility index (Phi) is 10.5. The highest BCUT2D eigenvalue weighted by atomic mass is 16.6. The molecule has 2 N–H and O–H groups in total. The zero-order chi connectivity index (χ0) is 39.1. The molecule has 2 saturated heterocycles. The van der Waals surface area contributed by atoms with Gasteiger partial charge >= 0.3 is 12.2 Å². The van der Waals surface area contributed by atoms with Crippen molar-refractivity contribution < 1.29 is 28.7 Å². The lowest BCUT2D eigenvalue weighted by Gasteiger charge is -2.28. The Bertz CT molecular complexity index is 1940. The van der Waals surface area contributed by atoms with Gasteiger partial charge in [-0.05, 0) is 156 Å². The number of hydrogen-bond acceptors (Lipinski definition) is 6. The molecule has 4 aliphatic rings. The van der Waals surface area contributed by atoms with Gasteiger partial charge in [0, 0.05) is 24.5 Å². The number of likely N-dealkylation sites (tertiary alicyclic amines) is 2. The van der Waals surface area contributed by atoms with Gasteiger partial charge in [-0.1, -0.05) is 49.2 Å². The SMILES string of the molecule is CC(C)(C)OC(=O)N1CCC[C@H]1C(=O)Nc1ccc(-c2ccc(-c3ccc(NC(=O)[C@@H]4CCCN4C(=O)OC(C)(C)C)cc3)c3c2CCC32CCCC2)cc1. The average Bonchev–Trinajstić information content (AvgIpc) is 3.95. The molecule has 0 bridgehead atoms. The van der Waals surface area contributed by atoms with E-state index < -0.39 is 35.5 Å². The molecule has 2 aliphatic heterocycles. The van der Waals surface area contributed by atoms with Gasteiger partial charge in [-0.15, -0.1) is 0 Å². The molecule has 10 nitrogen and oxygen atoms in total. The van der Waals surface area contributed by atoms with E-state index in [1.165, 1.54) is 47.9 Å². The number of nitrogens with zero attached hydrogens (tertiary/aromatic N) is 2. The van der Waals surface area contributed by atoms with Crippen LogP contribution in [0.1, 0.15) is 110 Å². The van der Waals surface area contributed by atoms with E-state index in [9.17, 15) is 19.2 Å². The van der Waals surface area contributed by atoms with Crippen LogP contribution in [0, 0.1) is 0 Å². The van der Waals surface area contributed by atoms with Crippen LogP contribution in [0.5, 0.6) is 0 Å². The van der Waals surface area contributed by atoms with E-state index in [2.05, 4.69) is 47.0 Å². The van der Waals surface area contributed by atoms with Gasteiger partial charge in [-0.2, -0.15) is 0 Å². The third-order valence-electron chi connectivity index (χ3n) is 11.6. The first-order valence-electron chi connectivity index (χ1n) is 20.1. The standard InChI is InChI=1S/C45H56N4O6/c1-43(2,3)54-41(52)48-27-9-11-36(48)39(50)46-31-17-13-29(14-18-31)33-21-22-34(38-35(33)23-26-45(38)24-7-8-25-45)30-15-19-32(20-16-30)47-40(51)37-12-10-28-49(37)42(53)55-44(4,5)6/h13-22,36-37H,7-12,23-28H2,1-6H3,(H,46,50)(H,47,51)/t36-,37-/m0/s1. The van der Waals surface area contributed by atoms with E-state index in [1.807, 2.05) is 65.8 Å².